The monoisotopic (exact) mass is 409 g/mol. The van der Waals surface area contributed by atoms with Gasteiger partial charge in [-0.05, 0) is 47.9 Å². The van der Waals surface area contributed by atoms with Gasteiger partial charge < -0.3 is 10.8 Å². The summed E-state index contributed by atoms with van der Waals surface area (Å²) in [5.74, 6) is -1.27. The molecule has 0 spiro atoms. The number of sulfone groups is 1. The Morgan fingerprint density at radius 3 is 2.52 bits per heavy atom. The van der Waals surface area contributed by atoms with Gasteiger partial charge in [-0.3, -0.25) is 20.3 Å². The van der Waals surface area contributed by atoms with Gasteiger partial charge in [-0.1, -0.05) is 17.7 Å². The lowest BCUT2D eigenvalue weighted by Crippen LogP contribution is -2.36. The minimum absolute atomic E-state index is 0.0802. The fourth-order valence-corrected chi connectivity index (χ4v) is 4.59. The van der Waals surface area contributed by atoms with E-state index in [1.165, 1.54) is 6.07 Å². The van der Waals surface area contributed by atoms with Crippen molar-refractivity contribution in [3.8, 4) is 11.1 Å². The van der Waals surface area contributed by atoms with Crippen molar-refractivity contribution in [3.63, 3.8) is 0 Å². The summed E-state index contributed by atoms with van der Waals surface area (Å²) in [6.45, 7) is 1.45. The Labute approximate surface area is 160 Å². The van der Waals surface area contributed by atoms with Crippen LogP contribution in [-0.4, -0.2) is 31.9 Å². The number of fused-ring (bicyclic) bond motifs is 3. The number of halogens is 1. The van der Waals surface area contributed by atoms with Gasteiger partial charge in [0.1, 0.15) is 0 Å². The summed E-state index contributed by atoms with van der Waals surface area (Å²) in [5.41, 5.74) is 7.86. The molecule has 1 aliphatic rings. The van der Waals surface area contributed by atoms with Gasteiger partial charge in [0.05, 0.1) is 10.6 Å². The molecular weight excluding hydrogens is 394 g/mol. The summed E-state index contributed by atoms with van der Waals surface area (Å²) in [6, 6.07) is 8.06. The van der Waals surface area contributed by atoms with E-state index in [1.54, 1.807) is 31.2 Å². The molecule has 0 radical (unpaired) electrons. The van der Waals surface area contributed by atoms with Crippen LogP contribution in [0, 0.1) is 12.3 Å². The number of nitrogens with two attached hydrogens (primary N) is 1. The van der Waals surface area contributed by atoms with Crippen LogP contribution >= 0.6 is 11.6 Å². The molecule has 2 aromatic rings. The van der Waals surface area contributed by atoms with Gasteiger partial charge in [-0.15, -0.1) is 0 Å². The van der Waals surface area contributed by atoms with Gasteiger partial charge in [0.15, 0.2) is 15.8 Å². The van der Waals surface area contributed by atoms with Crippen LogP contribution in [0.15, 0.2) is 35.2 Å². The Bertz CT molecular complexity index is 1050. The molecule has 0 saturated carbocycles. The van der Waals surface area contributed by atoms with Gasteiger partial charge in [0, 0.05) is 16.1 Å². The Morgan fingerprint density at radius 2 is 1.93 bits per heavy atom. The zero-order valence-electron chi connectivity index (χ0n) is 14.1. The molecule has 3 rings (SSSR count). The van der Waals surface area contributed by atoms with Gasteiger partial charge in [0.2, 0.25) is 0 Å². The lowest BCUT2D eigenvalue weighted by Gasteiger charge is -2.22. The highest BCUT2D eigenvalue weighted by atomic mass is 35.5. The van der Waals surface area contributed by atoms with E-state index in [-0.39, 0.29) is 22.7 Å². The number of rotatable bonds is 1. The molecule has 8 nitrogen and oxygen atoms in total. The smallest absolute Gasteiger partial charge is 0.290 e. The lowest BCUT2D eigenvalue weighted by atomic mass is 9.96. The molecular formula is C17H16ClN3O5S. The normalized spacial score (nSPS) is 13.3. The van der Waals surface area contributed by atoms with Gasteiger partial charge in [0.25, 0.3) is 12.4 Å². The van der Waals surface area contributed by atoms with Crippen molar-refractivity contribution < 1.29 is 23.1 Å². The predicted octanol–water partition coefficient (Wildman–Crippen LogP) is 1.93. The molecule has 1 aliphatic heterocycles. The molecule has 1 amide bonds. The molecule has 10 heteroatoms. The summed E-state index contributed by atoms with van der Waals surface area (Å²) in [5, 5.41) is 16.7. The van der Waals surface area contributed by atoms with Gasteiger partial charge >= 0.3 is 0 Å². The molecule has 5 N–H and O–H groups in total. The van der Waals surface area contributed by atoms with E-state index in [4.69, 9.17) is 32.6 Å². The number of hydrogen-bond acceptors (Lipinski definition) is 5. The van der Waals surface area contributed by atoms with Crippen molar-refractivity contribution in [2.24, 2.45) is 5.73 Å². The average molecular weight is 410 g/mol. The number of nitrogens with one attached hydrogen (secondary N) is 2. The standard InChI is InChI=1S/C16H14ClN3O3S.CH2O2/c1-8-4-13-12-5-10(17)3-2-9(12)7-24(22,23)14(13)6-11(8)15(21)20-16(18)19;2-1-3/h2-6H,7H2,1H3,(H4,18,19,20,21);1H,(H,2,3). The maximum absolute atomic E-state index is 12.6. The summed E-state index contributed by atoms with van der Waals surface area (Å²) in [7, 11) is -3.58. The van der Waals surface area contributed by atoms with Crippen LogP contribution in [0.5, 0.6) is 0 Å². The first kappa shape index (κ1) is 20.4. The third kappa shape index (κ3) is 4.26. The first-order valence-electron chi connectivity index (χ1n) is 7.50. The minimum atomic E-state index is -3.58. The average Bonchev–Trinajstić information content (AvgIpc) is 2.55. The van der Waals surface area contributed by atoms with Gasteiger partial charge in [-0.25, -0.2) is 8.42 Å². The lowest BCUT2D eigenvalue weighted by molar-refractivity contribution is -0.122. The van der Waals surface area contributed by atoms with E-state index >= 15 is 0 Å². The third-order valence-electron chi connectivity index (χ3n) is 3.86. The van der Waals surface area contributed by atoms with E-state index in [2.05, 4.69) is 5.32 Å². The van der Waals surface area contributed by atoms with Crippen LogP contribution in [0.3, 0.4) is 0 Å². The highest BCUT2D eigenvalue weighted by Gasteiger charge is 2.30. The number of carbonyl (C=O) groups excluding carboxylic acids is 1. The fourth-order valence-electron chi connectivity index (χ4n) is 2.80. The van der Waals surface area contributed by atoms with Crippen molar-refractivity contribution >= 4 is 39.8 Å². The number of carboxylic acid groups (broad SMARTS) is 1. The Balaban J connectivity index is 0.000000817. The van der Waals surface area contributed by atoms with Crippen LogP contribution in [0.1, 0.15) is 21.5 Å². The summed E-state index contributed by atoms with van der Waals surface area (Å²) in [6.07, 6.45) is 0. The second-order valence-corrected chi connectivity index (χ2v) is 8.09. The molecule has 142 valence electrons. The Kier molecular flexibility index (Phi) is 5.87. The second-order valence-electron chi connectivity index (χ2n) is 5.70. The van der Waals surface area contributed by atoms with Crippen molar-refractivity contribution in [1.29, 1.82) is 5.41 Å². The molecule has 0 fully saturated rings. The highest BCUT2D eigenvalue weighted by Crippen LogP contribution is 2.40. The summed E-state index contributed by atoms with van der Waals surface area (Å²) < 4.78 is 25.2. The number of amides is 1. The summed E-state index contributed by atoms with van der Waals surface area (Å²) in [4.78, 5) is 20.6. The van der Waals surface area contributed by atoms with E-state index in [0.717, 1.165) is 5.56 Å². The van der Waals surface area contributed by atoms with Crippen LogP contribution in [0.25, 0.3) is 11.1 Å². The van der Waals surface area contributed by atoms with E-state index in [1.807, 2.05) is 0 Å². The largest absolute Gasteiger partial charge is 0.483 e. The fraction of sp³-hybridized carbons (Fsp3) is 0.118. The highest BCUT2D eigenvalue weighted by molar-refractivity contribution is 7.90. The van der Waals surface area contributed by atoms with Gasteiger partial charge in [-0.2, -0.15) is 0 Å². The molecule has 27 heavy (non-hydrogen) atoms. The maximum Gasteiger partial charge on any atom is 0.290 e. The molecule has 0 unspecified atom stereocenters. The summed E-state index contributed by atoms with van der Waals surface area (Å²) >= 11 is 6.04. The zero-order chi connectivity index (χ0) is 20.4. The first-order chi connectivity index (χ1) is 12.6. The second kappa shape index (κ2) is 7.77. The molecule has 0 saturated heterocycles. The molecule has 0 atom stereocenters. The molecule has 2 aromatic carbocycles. The predicted molar refractivity (Wildman–Crippen MR) is 101 cm³/mol. The number of aryl methyl sites for hydroxylation is 1. The third-order valence-corrected chi connectivity index (χ3v) is 5.80. The van der Waals surface area contributed by atoms with Crippen LogP contribution in [-0.2, 0) is 20.4 Å². The van der Waals surface area contributed by atoms with Crippen molar-refractivity contribution in [1.82, 2.24) is 5.32 Å². The number of carbonyl (C=O) groups is 2. The molecule has 0 bridgehead atoms. The van der Waals surface area contributed by atoms with Crippen molar-refractivity contribution in [3.05, 3.63) is 52.0 Å². The topological polar surface area (TPSA) is 150 Å². The number of guanidine groups is 1. The Morgan fingerprint density at radius 1 is 1.30 bits per heavy atom. The first-order valence-corrected chi connectivity index (χ1v) is 9.53. The molecule has 0 aliphatic carbocycles. The van der Waals surface area contributed by atoms with E-state index in [0.29, 0.717) is 21.7 Å². The SMILES string of the molecule is Cc1cc2c(cc1C(=O)NC(=N)N)S(=O)(=O)Cc1ccc(Cl)cc1-2.O=CO. The minimum Gasteiger partial charge on any atom is -0.483 e. The maximum atomic E-state index is 12.6. The quantitative estimate of drug-likeness (QED) is 0.321. The Hall–Kier alpha value is -2.91. The molecule has 0 aromatic heterocycles. The number of hydrogen-bond donors (Lipinski definition) is 4. The van der Waals surface area contributed by atoms with Crippen LogP contribution in [0.2, 0.25) is 5.02 Å². The molecule has 1 heterocycles. The zero-order valence-corrected chi connectivity index (χ0v) is 15.7. The van der Waals surface area contributed by atoms with E-state index in [9.17, 15) is 13.2 Å². The van der Waals surface area contributed by atoms with E-state index < -0.39 is 21.7 Å². The van der Waals surface area contributed by atoms with Crippen LogP contribution in [0.4, 0.5) is 0 Å². The van der Waals surface area contributed by atoms with Crippen LogP contribution < -0.4 is 11.1 Å². The van der Waals surface area contributed by atoms with Crippen molar-refractivity contribution in [2.75, 3.05) is 0 Å². The number of benzene rings is 2. The van der Waals surface area contributed by atoms with Crippen molar-refractivity contribution in [2.45, 2.75) is 17.6 Å².